The fourth-order valence-electron chi connectivity index (χ4n) is 5.19. The molecular weight excluding hydrogens is 560 g/mol. The van der Waals surface area contributed by atoms with Crippen LogP contribution in [0.1, 0.15) is 52.5 Å². The first-order chi connectivity index (χ1) is 20.8. The predicted octanol–water partition coefficient (Wildman–Crippen LogP) is 5.48. The summed E-state index contributed by atoms with van der Waals surface area (Å²) in [5.74, 6) is -0.112. The Balaban J connectivity index is 1.25. The molecule has 0 radical (unpaired) electrons. The molecule has 0 bridgehead atoms. The molecule has 1 N–H and O–H groups in total. The number of carbonyl (C=O) groups excluding carboxylic acids is 2. The molecule has 1 aliphatic carbocycles. The van der Waals surface area contributed by atoms with Gasteiger partial charge in [0.25, 0.3) is 5.91 Å². The molecule has 43 heavy (non-hydrogen) atoms. The second-order valence-electron chi connectivity index (χ2n) is 11.1. The number of hydrogen-bond acceptors (Lipinski definition) is 7. The van der Waals surface area contributed by atoms with Crippen molar-refractivity contribution in [3.63, 3.8) is 0 Å². The minimum Gasteiger partial charge on any atom is -0.370 e. The van der Waals surface area contributed by atoms with Crippen LogP contribution in [0.15, 0.2) is 71.8 Å². The first-order valence-electron chi connectivity index (χ1n) is 14.4. The Morgan fingerprint density at radius 1 is 1.14 bits per heavy atom. The standard InChI is InChI=1S/C33H34N6O3S/c1-4-38(3)31(40)17-39-16-24(15-35-39)30-14-28(26-7-5-6-8-29(26)36-30)33(11-12-33)37-32(41)27-13-23(10-9-22(27)2)18-42-19-25-20-43-21-34-25/h5-10,13-16,20-21H,4,11-12,17-19H2,1-3H3,(H,37,41). The van der Waals surface area contributed by atoms with Crippen molar-refractivity contribution in [3.05, 3.63) is 99.8 Å². The molecule has 2 amide bonds. The maximum atomic E-state index is 13.8. The van der Waals surface area contributed by atoms with Crippen molar-refractivity contribution in [1.29, 1.82) is 0 Å². The Morgan fingerprint density at radius 2 is 1.98 bits per heavy atom. The van der Waals surface area contributed by atoms with E-state index in [1.165, 1.54) is 0 Å². The Bertz CT molecular complexity index is 1780. The lowest BCUT2D eigenvalue weighted by molar-refractivity contribution is -0.130. The third-order valence-electron chi connectivity index (χ3n) is 8.01. The number of hydrogen-bond donors (Lipinski definition) is 1. The average molecular weight is 595 g/mol. The smallest absolute Gasteiger partial charge is 0.252 e. The van der Waals surface area contributed by atoms with Crippen LogP contribution < -0.4 is 5.32 Å². The van der Waals surface area contributed by atoms with Crippen molar-refractivity contribution in [3.8, 4) is 11.3 Å². The van der Waals surface area contributed by atoms with Crippen LogP contribution in [0.2, 0.25) is 0 Å². The van der Waals surface area contributed by atoms with E-state index in [0.717, 1.165) is 57.4 Å². The van der Waals surface area contributed by atoms with Crippen LogP contribution in [0, 0.1) is 6.92 Å². The highest BCUT2D eigenvalue weighted by Crippen LogP contribution is 2.49. The van der Waals surface area contributed by atoms with Gasteiger partial charge in [-0.2, -0.15) is 5.10 Å². The summed E-state index contributed by atoms with van der Waals surface area (Å²) >= 11 is 1.54. The molecule has 6 rings (SSSR count). The summed E-state index contributed by atoms with van der Waals surface area (Å²) in [5.41, 5.74) is 8.15. The summed E-state index contributed by atoms with van der Waals surface area (Å²) in [7, 11) is 1.78. The van der Waals surface area contributed by atoms with Gasteiger partial charge < -0.3 is 15.0 Å². The van der Waals surface area contributed by atoms with E-state index in [2.05, 4.69) is 27.5 Å². The van der Waals surface area contributed by atoms with E-state index in [9.17, 15) is 9.59 Å². The number of aryl methyl sites for hydroxylation is 1. The lowest BCUT2D eigenvalue weighted by atomic mass is 9.96. The summed E-state index contributed by atoms with van der Waals surface area (Å²) in [4.78, 5) is 37.0. The van der Waals surface area contributed by atoms with Crippen molar-refractivity contribution >= 4 is 34.1 Å². The fourth-order valence-corrected chi connectivity index (χ4v) is 5.74. The number of nitrogens with zero attached hydrogens (tertiary/aromatic N) is 5. The van der Waals surface area contributed by atoms with E-state index in [1.54, 1.807) is 39.7 Å². The first-order valence-corrected chi connectivity index (χ1v) is 15.3. The van der Waals surface area contributed by atoms with Crippen LogP contribution in [-0.4, -0.2) is 50.1 Å². The number of amides is 2. The number of ether oxygens (including phenoxy) is 1. The molecule has 0 spiro atoms. The molecule has 10 heteroatoms. The summed E-state index contributed by atoms with van der Waals surface area (Å²) < 4.78 is 7.49. The van der Waals surface area contributed by atoms with Crippen LogP contribution >= 0.6 is 11.3 Å². The minimum absolute atomic E-state index is 0.00523. The van der Waals surface area contributed by atoms with Gasteiger partial charge in [-0.3, -0.25) is 14.3 Å². The molecule has 0 aliphatic heterocycles. The van der Waals surface area contributed by atoms with Crippen LogP contribution in [-0.2, 0) is 34.8 Å². The number of carbonyl (C=O) groups is 2. The van der Waals surface area contributed by atoms with E-state index in [0.29, 0.717) is 25.3 Å². The van der Waals surface area contributed by atoms with E-state index in [4.69, 9.17) is 9.72 Å². The summed E-state index contributed by atoms with van der Waals surface area (Å²) in [6, 6.07) is 16.0. The largest absolute Gasteiger partial charge is 0.370 e. The van der Waals surface area contributed by atoms with E-state index < -0.39 is 5.54 Å². The number of nitrogens with one attached hydrogen (secondary N) is 1. The van der Waals surface area contributed by atoms with Gasteiger partial charge in [-0.1, -0.05) is 30.3 Å². The third kappa shape index (κ3) is 6.21. The molecule has 5 aromatic rings. The zero-order valence-corrected chi connectivity index (χ0v) is 25.4. The maximum absolute atomic E-state index is 13.8. The number of rotatable bonds is 11. The lowest BCUT2D eigenvalue weighted by Crippen LogP contribution is -2.35. The average Bonchev–Trinajstić information content (AvgIpc) is 3.37. The number of para-hydroxylation sites is 1. The molecule has 9 nitrogen and oxygen atoms in total. The van der Waals surface area contributed by atoms with Gasteiger partial charge in [0.2, 0.25) is 5.91 Å². The molecule has 3 aromatic heterocycles. The number of likely N-dealkylation sites (N-methyl/N-ethyl adjacent to an activating group) is 1. The Labute approximate surface area is 254 Å². The SMILES string of the molecule is CCN(C)C(=O)Cn1cc(-c2cc(C3(NC(=O)c4cc(COCc5cscn5)ccc4C)CC3)c3ccccc3n2)cn1. The molecule has 0 saturated heterocycles. The molecule has 1 fully saturated rings. The maximum Gasteiger partial charge on any atom is 0.252 e. The number of thiazole rings is 1. The van der Waals surface area contributed by atoms with Gasteiger partial charge in [0.05, 0.1) is 47.4 Å². The number of fused-ring (bicyclic) bond motifs is 1. The second kappa shape index (κ2) is 12.1. The zero-order chi connectivity index (χ0) is 30.0. The van der Waals surface area contributed by atoms with Crippen molar-refractivity contribution in [1.82, 2.24) is 30.0 Å². The van der Waals surface area contributed by atoms with E-state index in [-0.39, 0.29) is 18.4 Å². The van der Waals surface area contributed by atoms with Crippen molar-refractivity contribution in [2.45, 2.75) is 52.0 Å². The van der Waals surface area contributed by atoms with Crippen LogP contribution in [0.25, 0.3) is 22.2 Å². The first kappa shape index (κ1) is 28.7. The molecule has 220 valence electrons. The summed E-state index contributed by atoms with van der Waals surface area (Å²) in [5, 5.41) is 10.8. The molecule has 1 aliphatic rings. The molecule has 0 unspecified atom stereocenters. The van der Waals surface area contributed by atoms with Gasteiger partial charge in [-0.15, -0.1) is 11.3 Å². The van der Waals surface area contributed by atoms with Crippen LogP contribution in [0.5, 0.6) is 0 Å². The Hall–Kier alpha value is -4.41. The monoisotopic (exact) mass is 594 g/mol. The van der Waals surface area contributed by atoms with E-state index in [1.807, 2.05) is 61.8 Å². The van der Waals surface area contributed by atoms with Crippen molar-refractivity contribution in [2.24, 2.45) is 0 Å². The van der Waals surface area contributed by atoms with Gasteiger partial charge in [0, 0.05) is 41.7 Å². The number of benzene rings is 2. The van der Waals surface area contributed by atoms with Crippen LogP contribution in [0.3, 0.4) is 0 Å². The number of aromatic nitrogens is 4. The van der Waals surface area contributed by atoms with Gasteiger partial charge in [0.15, 0.2) is 0 Å². The van der Waals surface area contributed by atoms with Crippen molar-refractivity contribution < 1.29 is 14.3 Å². The Morgan fingerprint density at radius 3 is 2.74 bits per heavy atom. The second-order valence-corrected chi connectivity index (χ2v) is 11.8. The minimum atomic E-state index is -0.492. The highest BCUT2D eigenvalue weighted by molar-refractivity contribution is 7.07. The van der Waals surface area contributed by atoms with E-state index >= 15 is 0 Å². The summed E-state index contributed by atoms with van der Waals surface area (Å²) in [6.45, 7) is 5.53. The molecule has 3 heterocycles. The van der Waals surface area contributed by atoms with Gasteiger partial charge >= 0.3 is 0 Å². The highest BCUT2D eigenvalue weighted by atomic mass is 32.1. The van der Waals surface area contributed by atoms with Gasteiger partial charge in [-0.05, 0) is 61.6 Å². The topological polar surface area (TPSA) is 102 Å². The quantitative estimate of drug-likeness (QED) is 0.217. The summed E-state index contributed by atoms with van der Waals surface area (Å²) in [6.07, 6.45) is 5.26. The fraction of sp³-hybridized carbons (Fsp3) is 0.303. The van der Waals surface area contributed by atoms with Gasteiger partial charge in [-0.25, -0.2) is 9.97 Å². The lowest BCUT2D eigenvalue weighted by Gasteiger charge is -2.22. The van der Waals surface area contributed by atoms with Crippen LogP contribution in [0.4, 0.5) is 0 Å². The molecular formula is C33H34N6O3S. The van der Waals surface area contributed by atoms with Crippen molar-refractivity contribution in [2.75, 3.05) is 13.6 Å². The van der Waals surface area contributed by atoms with Gasteiger partial charge in [0.1, 0.15) is 6.54 Å². The predicted molar refractivity (Wildman–Crippen MR) is 166 cm³/mol. The highest BCUT2D eigenvalue weighted by Gasteiger charge is 2.47. The third-order valence-corrected chi connectivity index (χ3v) is 8.64. The normalized spacial score (nSPS) is 13.7. The zero-order valence-electron chi connectivity index (χ0n) is 24.5. The molecule has 2 aromatic carbocycles. The Kier molecular flexibility index (Phi) is 8.05. The molecule has 0 atom stereocenters. The molecule has 1 saturated carbocycles. The number of pyridine rings is 1.